The quantitative estimate of drug-likeness (QED) is 0.0347. The van der Waals surface area contributed by atoms with Gasteiger partial charge in [0.1, 0.15) is 13.2 Å². The summed E-state index contributed by atoms with van der Waals surface area (Å²) < 4.78 is 23.3. The Bertz CT molecular complexity index is 907. The maximum Gasteiger partial charge on any atom is 0.472 e. The first-order chi connectivity index (χ1) is 21.0. The molecular weight excluding hydrogens is 575 g/mol. The lowest BCUT2D eigenvalue weighted by Crippen LogP contribution is -2.45. The Kier molecular flexibility index (Phi) is 26.4. The van der Waals surface area contributed by atoms with Gasteiger partial charge in [0, 0.05) is 6.42 Å². The van der Waals surface area contributed by atoms with Crippen molar-refractivity contribution >= 4 is 13.7 Å². The fraction of sp³-hybridized carbons (Fsp3) is 0.686. The van der Waals surface area contributed by atoms with Crippen molar-refractivity contribution in [2.45, 2.75) is 116 Å². The molecule has 0 aliphatic heterocycles. The summed E-state index contributed by atoms with van der Waals surface area (Å²) in [5.74, 6) is -0.215. The number of hydrogen-bond acceptors (Lipinski definition) is 5. The third kappa shape index (κ3) is 28.9. The lowest BCUT2D eigenvalue weighted by atomic mass is 10.1. The third-order valence-corrected chi connectivity index (χ3v) is 7.75. The van der Waals surface area contributed by atoms with Gasteiger partial charge in [-0.25, -0.2) is 4.57 Å². The molecule has 0 fully saturated rings. The van der Waals surface area contributed by atoms with E-state index in [4.69, 9.17) is 9.05 Å². The zero-order valence-corrected chi connectivity index (χ0v) is 29.3. The molecule has 254 valence electrons. The van der Waals surface area contributed by atoms with Crippen LogP contribution in [-0.2, 0) is 18.4 Å². The smallest absolute Gasteiger partial charge is 0.387 e. The highest BCUT2D eigenvalue weighted by Crippen LogP contribution is 2.43. The number of phosphoric acid groups is 1. The minimum absolute atomic E-state index is 0.0473. The molecule has 0 spiro atoms. The first kappa shape index (κ1) is 42.2. The van der Waals surface area contributed by atoms with Crippen molar-refractivity contribution in [2.75, 3.05) is 40.9 Å². The van der Waals surface area contributed by atoms with E-state index in [2.05, 4.69) is 54.8 Å². The highest BCUT2D eigenvalue weighted by atomic mass is 31.2. The van der Waals surface area contributed by atoms with Gasteiger partial charge in [0.2, 0.25) is 5.91 Å². The van der Waals surface area contributed by atoms with E-state index in [0.717, 1.165) is 77.0 Å². The molecule has 0 aromatic rings. The molecule has 8 nitrogen and oxygen atoms in total. The van der Waals surface area contributed by atoms with Crippen LogP contribution >= 0.6 is 7.82 Å². The Morgan fingerprint density at radius 1 is 0.818 bits per heavy atom. The van der Waals surface area contributed by atoms with Crippen LogP contribution in [0.2, 0.25) is 0 Å². The van der Waals surface area contributed by atoms with Crippen molar-refractivity contribution in [2.24, 2.45) is 0 Å². The Balaban J connectivity index is 4.68. The average molecular weight is 640 g/mol. The Labute approximate surface area is 269 Å². The fourth-order valence-corrected chi connectivity index (χ4v) is 4.79. The molecule has 0 aromatic heterocycles. The van der Waals surface area contributed by atoms with E-state index in [1.165, 1.54) is 6.42 Å². The van der Waals surface area contributed by atoms with Crippen LogP contribution in [-0.4, -0.2) is 73.4 Å². The molecule has 0 heterocycles. The number of amides is 1. The summed E-state index contributed by atoms with van der Waals surface area (Å²) in [6.45, 7) is 4.42. The molecule has 44 heavy (non-hydrogen) atoms. The second kappa shape index (κ2) is 27.5. The van der Waals surface area contributed by atoms with Gasteiger partial charge in [-0.15, -0.1) is 0 Å². The number of allylic oxidation sites excluding steroid dienone is 9. The molecule has 0 saturated heterocycles. The molecule has 0 bridgehead atoms. The molecule has 1 amide bonds. The zero-order chi connectivity index (χ0) is 32.9. The molecule has 9 heteroatoms. The van der Waals surface area contributed by atoms with Gasteiger partial charge in [-0.1, -0.05) is 93.4 Å². The SMILES string of the molecule is C/C=C/CC/C=C/CC/C=C/C(O)C(COP(=O)(O)OCC[N+](C)(C)C)NC(=O)CCCCCCC/C=C\C/C=C\CCC. The summed E-state index contributed by atoms with van der Waals surface area (Å²) in [4.78, 5) is 22.8. The standard InChI is InChI=1S/C35H63N2O6P/c1-6-8-10-12-14-16-17-18-19-21-23-25-27-29-35(39)36-33(32-43-44(40,41)42-31-30-37(3,4)5)34(38)28-26-24-22-20-15-13-11-9-7-2/h7,9-10,12,15-17,20,26,28,33-34,38H,6,8,11,13-14,18-19,21-25,27,29-32H2,1-5H3,(H-,36,39,40,41)/p+1/b9-7+,12-10-,17-16-,20-15+,28-26+. The van der Waals surface area contributed by atoms with Crippen molar-refractivity contribution in [3.63, 3.8) is 0 Å². The van der Waals surface area contributed by atoms with E-state index in [0.29, 0.717) is 17.4 Å². The minimum atomic E-state index is -4.34. The van der Waals surface area contributed by atoms with Crippen molar-refractivity contribution in [3.05, 3.63) is 60.8 Å². The predicted molar refractivity (Wildman–Crippen MR) is 184 cm³/mol. The Morgan fingerprint density at radius 2 is 1.41 bits per heavy atom. The molecule has 0 aliphatic carbocycles. The fourth-order valence-electron chi connectivity index (χ4n) is 4.05. The number of hydrogen-bond donors (Lipinski definition) is 3. The van der Waals surface area contributed by atoms with Crippen LogP contribution in [0.3, 0.4) is 0 Å². The number of carbonyl (C=O) groups is 1. The van der Waals surface area contributed by atoms with E-state index in [9.17, 15) is 19.4 Å². The summed E-state index contributed by atoms with van der Waals surface area (Å²) in [7, 11) is 1.52. The van der Waals surface area contributed by atoms with Crippen molar-refractivity contribution in [1.82, 2.24) is 5.32 Å². The van der Waals surface area contributed by atoms with Crippen molar-refractivity contribution < 1.29 is 32.9 Å². The number of aliphatic hydroxyl groups is 1. The summed E-state index contributed by atoms with van der Waals surface area (Å²) in [6.07, 6.45) is 33.1. The van der Waals surface area contributed by atoms with Gasteiger partial charge in [-0.05, 0) is 64.7 Å². The minimum Gasteiger partial charge on any atom is -0.387 e. The lowest BCUT2D eigenvalue weighted by molar-refractivity contribution is -0.870. The average Bonchev–Trinajstić information content (AvgIpc) is 2.95. The zero-order valence-electron chi connectivity index (χ0n) is 28.4. The van der Waals surface area contributed by atoms with Gasteiger partial charge in [0.15, 0.2) is 0 Å². The van der Waals surface area contributed by atoms with Gasteiger partial charge in [-0.3, -0.25) is 13.8 Å². The maximum atomic E-state index is 12.7. The van der Waals surface area contributed by atoms with Crippen molar-refractivity contribution in [1.29, 1.82) is 0 Å². The number of nitrogens with one attached hydrogen (secondary N) is 1. The molecule has 0 aromatic carbocycles. The largest absolute Gasteiger partial charge is 0.472 e. The Morgan fingerprint density at radius 3 is 2.07 bits per heavy atom. The highest BCUT2D eigenvalue weighted by Gasteiger charge is 2.27. The molecule has 3 unspecified atom stereocenters. The van der Waals surface area contributed by atoms with Crippen LogP contribution < -0.4 is 5.32 Å². The van der Waals surface area contributed by atoms with E-state index < -0.39 is 20.0 Å². The summed E-state index contributed by atoms with van der Waals surface area (Å²) >= 11 is 0. The number of likely N-dealkylation sites (N-methyl/N-ethyl adjacent to an activating group) is 1. The van der Waals surface area contributed by atoms with E-state index in [1.807, 2.05) is 40.2 Å². The monoisotopic (exact) mass is 639 g/mol. The summed E-state index contributed by atoms with van der Waals surface area (Å²) in [5.41, 5.74) is 0. The molecule has 0 radical (unpaired) electrons. The number of quaternary nitrogens is 1. The summed E-state index contributed by atoms with van der Waals surface area (Å²) in [5, 5.41) is 13.6. The highest BCUT2D eigenvalue weighted by molar-refractivity contribution is 7.47. The predicted octanol–water partition coefficient (Wildman–Crippen LogP) is 7.95. The third-order valence-electron chi connectivity index (χ3n) is 6.76. The van der Waals surface area contributed by atoms with Gasteiger partial charge in [-0.2, -0.15) is 0 Å². The van der Waals surface area contributed by atoms with E-state index in [-0.39, 0.29) is 19.1 Å². The van der Waals surface area contributed by atoms with Crippen LogP contribution in [0.5, 0.6) is 0 Å². The number of rotatable bonds is 28. The van der Waals surface area contributed by atoms with Gasteiger partial charge >= 0.3 is 7.82 Å². The molecule has 0 aliphatic rings. The molecule has 0 rings (SSSR count). The van der Waals surface area contributed by atoms with Crippen LogP contribution in [0, 0.1) is 0 Å². The van der Waals surface area contributed by atoms with E-state index >= 15 is 0 Å². The number of unbranched alkanes of at least 4 members (excludes halogenated alkanes) is 8. The van der Waals surface area contributed by atoms with Gasteiger partial charge < -0.3 is 19.8 Å². The number of phosphoric ester groups is 1. The van der Waals surface area contributed by atoms with Crippen LogP contribution in [0.15, 0.2) is 60.8 Å². The summed E-state index contributed by atoms with van der Waals surface area (Å²) in [6, 6.07) is -0.874. The first-order valence-electron chi connectivity index (χ1n) is 16.6. The van der Waals surface area contributed by atoms with Crippen molar-refractivity contribution in [3.8, 4) is 0 Å². The van der Waals surface area contributed by atoms with Crippen LogP contribution in [0.1, 0.15) is 104 Å². The van der Waals surface area contributed by atoms with Crippen LogP contribution in [0.4, 0.5) is 0 Å². The topological polar surface area (TPSA) is 105 Å². The molecular formula is C35H64N2O6P+. The number of nitrogens with zero attached hydrogens (tertiary/aromatic N) is 1. The lowest BCUT2D eigenvalue weighted by Gasteiger charge is -2.25. The normalized spacial score (nSPS) is 15.7. The van der Waals surface area contributed by atoms with Gasteiger partial charge in [0.25, 0.3) is 0 Å². The molecule has 3 N–H and O–H groups in total. The molecule has 0 saturated carbocycles. The van der Waals surface area contributed by atoms with Crippen LogP contribution in [0.25, 0.3) is 0 Å². The Hall–Kier alpha value is -1.80. The second-order valence-electron chi connectivity index (χ2n) is 12.2. The maximum absolute atomic E-state index is 12.7. The first-order valence-corrected chi connectivity index (χ1v) is 18.1. The van der Waals surface area contributed by atoms with Gasteiger partial charge in [0.05, 0.1) is 39.9 Å². The second-order valence-corrected chi connectivity index (χ2v) is 13.6. The van der Waals surface area contributed by atoms with E-state index in [1.54, 1.807) is 6.08 Å². The number of carbonyl (C=O) groups excluding carboxylic acids is 1. The molecule has 3 atom stereocenters. The number of aliphatic hydroxyl groups excluding tert-OH is 1.